The summed E-state index contributed by atoms with van der Waals surface area (Å²) in [6.07, 6.45) is 0. The number of anilines is 2. The second kappa shape index (κ2) is 8.24. The number of halogens is 1. The van der Waals surface area contributed by atoms with Crippen LogP contribution in [0.25, 0.3) is 11.1 Å². The summed E-state index contributed by atoms with van der Waals surface area (Å²) in [6.45, 7) is 1.27. The molecule has 5 rings (SSSR count). The van der Waals surface area contributed by atoms with Gasteiger partial charge in [-0.15, -0.1) is 4.73 Å². The molecule has 2 heterocycles. The summed E-state index contributed by atoms with van der Waals surface area (Å²) in [7, 11) is 0. The van der Waals surface area contributed by atoms with Crippen LogP contribution >= 0.6 is 0 Å². The molecule has 0 unspecified atom stereocenters. The largest absolute Gasteiger partial charge is 0.507 e. The van der Waals surface area contributed by atoms with Gasteiger partial charge in [-0.3, -0.25) is 9.69 Å². The van der Waals surface area contributed by atoms with Crippen LogP contribution in [0.5, 0.6) is 34.8 Å². The first-order valence-corrected chi connectivity index (χ1v) is 10.4. The maximum Gasteiger partial charge on any atom is 0.363 e. The van der Waals surface area contributed by atoms with Crippen LogP contribution < -0.4 is 14.5 Å². The van der Waals surface area contributed by atoms with E-state index in [1.165, 1.54) is 48.2 Å². The Kier molecular flexibility index (Phi) is 5.17. The Morgan fingerprint density at radius 2 is 1.42 bits per heavy atom. The van der Waals surface area contributed by atoms with Crippen LogP contribution in [0.15, 0.2) is 60.7 Å². The van der Waals surface area contributed by atoms with Crippen molar-refractivity contribution in [3.63, 3.8) is 0 Å². The Hall–Kier alpha value is -5.19. The minimum atomic E-state index is -0.935. The van der Waals surface area contributed by atoms with Crippen LogP contribution in [0.3, 0.4) is 0 Å². The van der Waals surface area contributed by atoms with Gasteiger partial charge in [-0.25, -0.2) is 9.18 Å². The van der Waals surface area contributed by atoms with Gasteiger partial charge in [0.2, 0.25) is 17.7 Å². The van der Waals surface area contributed by atoms with Crippen LogP contribution in [-0.2, 0) is 4.79 Å². The number of hydrogen-bond donors (Lipinski definition) is 4. The normalized spacial score (nSPS) is 11.9. The predicted octanol–water partition coefficient (Wildman–Crippen LogP) is 4.18. The number of benzene rings is 3. The Balaban J connectivity index is 1.49. The fourth-order valence-electron chi connectivity index (χ4n) is 3.84. The molecule has 10 nitrogen and oxygen atoms in total. The standard InChI is InChI=1S/C25H17FN2O8/c1-12(29)27-17-8-15(19(30)10-21(17)35-22-11-20(31)16(26)9-18(22)27)13-2-4-14(5-3-13)25(34)36-28-23(32)6-7-24(28)33/h2-11,30-33H,1H3. The first-order chi connectivity index (χ1) is 17.1. The minimum absolute atomic E-state index is 0.0337. The molecule has 1 aliphatic heterocycles. The number of aromatic hydroxyl groups is 4. The first-order valence-electron chi connectivity index (χ1n) is 10.4. The van der Waals surface area contributed by atoms with Crippen molar-refractivity contribution in [3.8, 4) is 45.9 Å². The van der Waals surface area contributed by atoms with Gasteiger partial charge >= 0.3 is 5.97 Å². The van der Waals surface area contributed by atoms with Gasteiger partial charge in [0.15, 0.2) is 23.1 Å². The molecule has 11 heteroatoms. The molecule has 1 aromatic heterocycles. The van der Waals surface area contributed by atoms with E-state index in [1.54, 1.807) is 0 Å². The number of amides is 1. The monoisotopic (exact) mass is 492 g/mol. The molecule has 0 radical (unpaired) electrons. The summed E-state index contributed by atoms with van der Waals surface area (Å²) in [6, 6.07) is 12.9. The third-order valence-corrected chi connectivity index (χ3v) is 5.53. The Labute approximate surface area is 202 Å². The van der Waals surface area contributed by atoms with Crippen molar-refractivity contribution in [2.45, 2.75) is 6.92 Å². The van der Waals surface area contributed by atoms with E-state index in [9.17, 15) is 34.4 Å². The van der Waals surface area contributed by atoms with Crippen molar-refractivity contribution in [1.82, 2.24) is 4.73 Å². The fourth-order valence-corrected chi connectivity index (χ4v) is 3.84. The van der Waals surface area contributed by atoms with Crippen molar-refractivity contribution < 1.29 is 44.0 Å². The summed E-state index contributed by atoms with van der Waals surface area (Å²) in [5, 5.41) is 39.6. The van der Waals surface area contributed by atoms with Gasteiger partial charge in [-0.2, -0.15) is 0 Å². The SMILES string of the molecule is CC(=O)N1c2cc(F)c(O)cc2Oc2cc(O)c(-c3ccc(C(=O)On4c(O)ccc4O)cc3)cc21. The number of ether oxygens (including phenoxy) is 1. The van der Waals surface area contributed by atoms with Gasteiger partial charge in [0.1, 0.15) is 5.75 Å². The van der Waals surface area contributed by atoms with Crippen molar-refractivity contribution in [3.05, 3.63) is 72.0 Å². The molecular weight excluding hydrogens is 475 g/mol. The van der Waals surface area contributed by atoms with Gasteiger partial charge in [0.05, 0.1) is 16.9 Å². The molecule has 36 heavy (non-hydrogen) atoms. The third-order valence-electron chi connectivity index (χ3n) is 5.53. The summed E-state index contributed by atoms with van der Waals surface area (Å²) in [4.78, 5) is 31.0. The van der Waals surface area contributed by atoms with E-state index in [0.29, 0.717) is 10.3 Å². The molecule has 1 amide bonds. The molecule has 3 aromatic carbocycles. The van der Waals surface area contributed by atoms with Crippen LogP contribution in [-0.4, -0.2) is 37.0 Å². The van der Waals surface area contributed by atoms with Crippen molar-refractivity contribution in [2.24, 2.45) is 0 Å². The smallest absolute Gasteiger partial charge is 0.363 e. The summed E-state index contributed by atoms with van der Waals surface area (Å²) >= 11 is 0. The average Bonchev–Trinajstić information content (AvgIpc) is 3.15. The van der Waals surface area contributed by atoms with Gasteiger partial charge < -0.3 is 30.0 Å². The summed E-state index contributed by atoms with van der Waals surface area (Å²) in [5.74, 6) is -3.91. The Bertz CT molecular complexity index is 1530. The number of hydrogen-bond acceptors (Lipinski definition) is 8. The number of phenolic OH excluding ortho intramolecular Hbond substituents is 2. The molecule has 0 bridgehead atoms. The topological polar surface area (TPSA) is 142 Å². The third kappa shape index (κ3) is 3.68. The lowest BCUT2D eigenvalue weighted by Crippen LogP contribution is -2.26. The van der Waals surface area contributed by atoms with E-state index in [0.717, 1.165) is 24.3 Å². The first kappa shape index (κ1) is 22.6. The van der Waals surface area contributed by atoms with E-state index in [4.69, 9.17) is 9.57 Å². The maximum atomic E-state index is 14.0. The zero-order valence-corrected chi connectivity index (χ0v) is 18.5. The van der Waals surface area contributed by atoms with Crippen LogP contribution in [0.2, 0.25) is 0 Å². The molecular formula is C25H17FN2O8. The van der Waals surface area contributed by atoms with E-state index in [2.05, 4.69) is 0 Å². The van der Waals surface area contributed by atoms with E-state index >= 15 is 0 Å². The molecule has 0 spiro atoms. The number of carbonyl (C=O) groups excluding carboxylic acids is 2. The number of fused-ring (bicyclic) bond motifs is 2. The number of carbonyl (C=O) groups is 2. The van der Waals surface area contributed by atoms with Crippen LogP contribution in [0, 0.1) is 5.82 Å². The van der Waals surface area contributed by atoms with Gasteiger partial charge in [-0.1, -0.05) is 12.1 Å². The van der Waals surface area contributed by atoms with Crippen molar-refractivity contribution in [2.75, 3.05) is 4.90 Å². The second-order valence-electron chi connectivity index (χ2n) is 7.87. The van der Waals surface area contributed by atoms with E-state index in [-0.39, 0.29) is 39.8 Å². The van der Waals surface area contributed by atoms with Gasteiger partial charge in [-0.05, 0) is 23.8 Å². The number of aromatic nitrogens is 1. The Morgan fingerprint density at radius 1 is 0.833 bits per heavy atom. The van der Waals surface area contributed by atoms with Crippen LogP contribution in [0.1, 0.15) is 17.3 Å². The lowest BCUT2D eigenvalue weighted by molar-refractivity contribution is -0.115. The number of rotatable bonds is 3. The zero-order valence-electron chi connectivity index (χ0n) is 18.5. The lowest BCUT2D eigenvalue weighted by atomic mass is 10.0. The summed E-state index contributed by atoms with van der Waals surface area (Å²) < 4.78 is 20.3. The minimum Gasteiger partial charge on any atom is -0.507 e. The highest BCUT2D eigenvalue weighted by Gasteiger charge is 2.30. The molecule has 0 saturated carbocycles. The molecule has 0 saturated heterocycles. The fraction of sp³-hybridized carbons (Fsp3) is 0.0400. The number of phenols is 2. The lowest BCUT2D eigenvalue weighted by Gasteiger charge is -2.31. The molecule has 0 fully saturated rings. The van der Waals surface area contributed by atoms with Crippen LogP contribution in [0.4, 0.5) is 15.8 Å². The molecule has 1 aliphatic rings. The molecule has 4 N–H and O–H groups in total. The van der Waals surface area contributed by atoms with Gasteiger partial charge in [0, 0.05) is 42.8 Å². The summed E-state index contributed by atoms with van der Waals surface area (Å²) in [5.41, 5.74) is 1.14. The molecule has 182 valence electrons. The molecule has 0 atom stereocenters. The van der Waals surface area contributed by atoms with Crippen molar-refractivity contribution in [1.29, 1.82) is 0 Å². The molecule has 4 aromatic rings. The Morgan fingerprint density at radius 3 is 2.03 bits per heavy atom. The highest BCUT2D eigenvalue weighted by atomic mass is 19.1. The highest BCUT2D eigenvalue weighted by Crippen LogP contribution is 2.51. The maximum absolute atomic E-state index is 14.0. The number of nitrogens with zero attached hydrogens (tertiary/aromatic N) is 2. The van der Waals surface area contributed by atoms with Gasteiger partial charge in [0.25, 0.3) is 0 Å². The molecule has 0 aliphatic carbocycles. The average molecular weight is 492 g/mol. The van der Waals surface area contributed by atoms with E-state index < -0.39 is 35.2 Å². The highest BCUT2D eigenvalue weighted by molar-refractivity contribution is 6.04. The second-order valence-corrected chi connectivity index (χ2v) is 7.87. The van der Waals surface area contributed by atoms with E-state index in [1.807, 2.05) is 0 Å². The predicted molar refractivity (Wildman–Crippen MR) is 123 cm³/mol. The zero-order chi connectivity index (χ0) is 25.7. The quantitative estimate of drug-likeness (QED) is 0.334. The van der Waals surface area contributed by atoms with Crippen molar-refractivity contribution >= 4 is 23.3 Å².